The number of hydrogen-bond acceptors (Lipinski definition) is 5. The lowest BCUT2D eigenvalue weighted by molar-refractivity contribution is 0.466. The van der Waals surface area contributed by atoms with E-state index < -0.39 is 20.0 Å². The first-order chi connectivity index (χ1) is 13.3. The van der Waals surface area contributed by atoms with E-state index in [-0.39, 0.29) is 22.9 Å². The van der Waals surface area contributed by atoms with Crippen LogP contribution in [0.15, 0.2) is 87.2 Å². The van der Waals surface area contributed by atoms with E-state index in [4.69, 9.17) is 4.42 Å². The minimum absolute atomic E-state index is 0.00912. The van der Waals surface area contributed by atoms with Crippen LogP contribution in [0, 0.1) is 0 Å². The Morgan fingerprint density at radius 3 is 2.11 bits per heavy atom. The molecule has 9 heteroatoms. The van der Waals surface area contributed by atoms with E-state index in [1.165, 1.54) is 41.9 Å². The zero-order valence-corrected chi connectivity index (χ0v) is 16.8. The molecular weight excluding hydrogens is 400 g/mol. The van der Waals surface area contributed by atoms with E-state index >= 15 is 0 Å². The highest BCUT2D eigenvalue weighted by molar-refractivity contribution is 7.89. The van der Waals surface area contributed by atoms with Crippen LogP contribution in [0.1, 0.15) is 11.3 Å². The van der Waals surface area contributed by atoms with Crippen molar-refractivity contribution in [1.29, 1.82) is 0 Å². The molecule has 0 fully saturated rings. The molecule has 148 valence electrons. The fourth-order valence-corrected chi connectivity index (χ4v) is 4.71. The molecule has 0 aliphatic carbocycles. The third kappa shape index (κ3) is 4.68. The van der Waals surface area contributed by atoms with E-state index in [0.29, 0.717) is 5.76 Å². The summed E-state index contributed by atoms with van der Waals surface area (Å²) >= 11 is 0. The van der Waals surface area contributed by atoms with Crippen molar-refractivity contribution in [3.8, 4) is 0 Å². The molecule has 0 saturated heterocycles. The average Bonchev–Trinajstić information content (AvgIpc) is 3.21. The lowest BCUT2D eigenvalue weighted by Gasteiger charge is -2.17. The van der Waals surface area contributed by atoms with Crippen LogP contribution in [0.3, 0.4) is 0 Å². The Morgan fingerprint density at radius 2 is 1.50 bits per heavy atom. The smallest absolute Gasteiger partial charge is 0.243 e. The molecule has 7 nitrogen and oxygen atoms in total. The van der Waals surface area contributed by atoms with Crippen LogP contribution in [-0.4, -0.2) is 28.2 Å². The predicted octanol–water partition coefficient (Wildman–Crippen LogP) is 2.58. The van der Waals surface area contributed by atoms with Gasteiger partial charge >= 0.3 is 0 Å². The van der Waals surface area contributed by atoms with Gasteiger partial charge in [-0.2, -0.15) is 4.31 Å². The highest BCUT2D eigenvalue weighted by atomic mass is 32.2. The highest BCUT2D eigenvalue weighted by Gasteiger charge is 2.22. The number of benzene rings is 2. The van der Waals surface area contributed by atoms with Gasteiger partial charge in [0.15, 0.2) is 0 Å². The van der Waals surface area contributed by atoms with Crippen LogP contribution in [0.25, 0.3) is 0 Å². The second-order valence-corrected chi connectivity index (χ2v) is 9.93. The zero-order chi connectivity index (χ0) is 20.2. The summed E-state index contributed by atoms with van der Waals surface area (Å²) in [7, 11) is -6.05. The molecule has 2 aromatic carbocycles. The lowest BCUT2D eigenvalue weighted by Crippen LogP contribution is -2.27. The second-order valence-electron chi connectivity index (χ2n) is 6.12. The first-order valence-electron chi connectivity index (χ1n) is 8.41. The van der Waals surface area contributed by atoms with Gasteiger partial charge in [0, 0.05) is 13.6 Å². The summed E-state index contributed by atoms with van der Waals surface area (Å²) in [6.45, 7) is 0.225. The number of furan rings is 1. The Balaban J connectivity index is 1.73. The van der Waals surface area contributed by atoms with E-state index in [0.717, 1.165) is 5.56 Å². The highest BCUT2D eigenvalue weighted by Crippen LogP contribution is 2.19. The fourth-order valence-electron chi connectivity index (χ4n) is 2.56. The quantitative estimate of drug-likeness (QED) is 0.604. The predicted molar refractivity (Wildman–Crippen MR) is 104 cm³/mol. The molecule has 1 N–H and O–H groups in total. The first kappa shape index (κ1) is 20.3. The molecule has 0 spiro atoms. The summed E-state index contributed by atoms with van der Waals surface area (Å²) in [6, 6.07) is 17.7. The largest absolute Gasteiger partial charge is 0.468 e. The minimum atomic E-state index is -3.79. The van der Waals surface area contributed by atoms with Gasteiger partial charge in [-0.05, 0) is 42.0 Å². The lowest BCUT2D eigenvalue weighted by atomic mass is 10.2. The van der Waals surface area contributed by atoms with E-state index in [1.807, 2.05) is 30.3 Å². The van der Waals surface area contributed by atoms with E-state index in [9.17, 15) is 16.8 Å². The standard InChI is InChI=1S/C19H20N2O5S2/c1-21(15-16-6-3-2-4-7-16)28(24,25)19-11-9-18(10-12-19)27(22,23)20-14-17-8-5-13-26-17/h2-13,20H,14-15H2,1H3. The summed E-state index contributed by atoms with van der Waals surface area (Å²) in [5, 5.41) is 0. The van der Waals surface area contributed by atoms with Gasteiger partial charge < -0.3 is 4.42 Å². The van der Waals surface area contributed by atoms with Gasteiger partial charge in [0.05, 0.1) is 22.6 Å². The molecule has 0 radical (unpaired) electrons. The number of sulfonamides is 2. The van der Waals surface area contributed by atoms with Gasteiger partial charge in [-0.25, -0.2) is 21.6 Å². The molecule has 0 bridgehead atoms. The van der Waals surface area contributed by atoms with Crippen molar-refractivity contribution in [1.82, 2.24) is 9.03 Å². The maximum Gasteiger partial charge on any atom is 0.243 e. The average molecular weight is 421 g/mol. The third-order valence-corrected chi connectivity index (χ3v) is 7.34. The Bertz CT molecular complexity index is 1110. The first-order valence-corrected chi connectivity index (χ1v) is 11.3. The molecule has 28 heavy (non-hydrogen) atoms. The van der Waals surface area contributed by atoms with Crippen LogP contribution >= 0.6 is 0 Å². The van der Waals surface area contributed by atoms with Crippen molar-refractivity contribution < 1.29 is 21.3 Å². The molecule has 0 amide bonds. The molecule has 0 aliphatic heterocycles. The molecule has 3 rings (SSSR count). The van der Waals surface area contributed by atoms with Gasteiger partial charge in [-0.1, -0.05) is 30.3 Å². The van der Waals surface area contributed by atoms with Crippen molar-refractivity contribution >= 4 is 20.0 Å². The number of hydrogen-bond donors (Lipinski definition) is 1. The van der Waals surface area contributed by atoms with Gasteiger partial charge in [0.25, 0.3) is 0 Å². The van der Waals surface area contributed by atoms with E-state index in [2.05, 4.69) is 4.72 Å². The molecule has 0 unspecified atom stereocenters. The van der Waals surface area contributed by atoms with Crippen LogP contribution in [0.4, 0.5) is 0 Å². The van der Waals surface area contributed by atoms with Gasteiger partial charge in [0.2, 0.25) is 20.0 Å². The fraction of sp³-hybridized carbons (Fsp3) is 0.158. The summed E-state index contributed by atoms with van der Waals surface area (Å²) in [6.07, 6.45) is 1.45. The Hall–Kier alpha value is -2.46. The Kier molecular flexibility index (Phi) is 5.99. The third-order valence-electron chi connectivity index (χ3n) is 4.11. The molecule has 0 atom stereocenters. The monoisotopic (exact) mass is 420 g/mol. The van der Waals surface area contributed by atoms with Gasteiger partial charge in [0.1, 0.15) is 5.76 Å². The van der Waals surface area contributed by atoms with Gasteiger partial charge in [-0.15, -0.1) is 0 Å². The van der Waals surface area contributed by atoms with Gasteiger partial charge in [-0.3, -0.25) is 0 Å². The maximum absolute atomic E-state index is 12.7. The van der Waals surface area contributed by atoms with Crippen molar-refractivity contribution in [2.24, 2.45) is 0 Å². The Labute approximate surface area is 164 Å². The normalized spacial score (nSPS) is 12.4. The summed E-state index contributed by atoms with van der Waals surface area (Å²) < 4.78 is 58.9. The van der Waals surface area contributed by atoms with Crippen LogP contribution in [-0.2, 0) is 33.1 Å². The number of nitrogens with zero attached hydrogens (tertiary/aromatic N) is 1. The van der Waals surface area contributed by atoms with Crippen LogP contribution < -0.4 is 4.72 Å². The van der Waals surface area contributed by atoms with Crippen molar-refractivity contribution in [2.75, 3.05) is 7.05 Å². The molecule has 0 aliphatic rings. The Morgan fingerprint density at radius 1 is 0.857 bits per heavy atom. The SMILES string of the molecule is CN(Cc1ccccc1)S(=O)(=O)c1ccc(S(=O)(=O)NCc2ccco2)cc1. The molecule has 1 heterocycles. The number of nitrogens with one attached hydrogen (secondary N) is 1. The molecular formula is C19H20N2O5S2. The van der Waals surface area contributed by atoms with Crippen LogP contribution in [0.2, 0.25) is 0 Å². The molecule has 1 aromatic heterocycles. The van der Waals surface area contributed by atoms with Crippen LogP contribution in [0.5, 0.6) is 0 Å². The van der Waals surface area contributed by atoms with Crippen molar-refractivity contribution in [3.05, 3.63) is 84.3 Å². The summed E-state index contributed by atoms with van der Waals surface area (Å²) in [5.74, 6) is 0.477. The topological polar surface area (TPSA) is 96.7 Å². The summed E-state index contributed by atoms with van der Waals surface area (Å²) in [5.41, 5.74) is 0.856. The zero-order valence-electron chi connectivity index (χ0n) is 15.1. The second kappa shape index (κ2) is 8.27. The van der Waals surface area contributed by atoms with Crippen molar-refractivity contribution in [3.63, 3.8) is 0 Å². The molecule has 3 aromatic rings. The summed E-state index contributed by atoms with van der Waals surface area (Å²) in [4.78, 5) is -0.000339. The minimum Gasteiger partial charge on any atom is -0.468 e. The van der Waals surface area contributed by atoms with E-state index in [1.54, 1.807) is 12.1 Å². The maximum atomic E-state index is 12.7. The number of rotatable bonds is 8. The molecule has 0 saturated carbocycles. The van der Waals surface area contributed by atoms with Crippen molar-refractivity contribution in [2.45, 2.75) is 22.9 Å².